The molecular formula is C18H19N5O4. The Labute approximate surface area is 155 Å². The molecule has 0 unspecified atom stereocenters. The van der Waals surface area contributed by atoms with Crippen molar-refractivity contribution in [2.75, 3.05) is 34.4 Å². The van der Waals surface area contributed by atoms with Gasteiger partial charge in [-0.05, 0) is 31.8 Å². The van der Waals surface area contributed by atoms with E-state index in [4.69, 9.17) is 9.47 Å². The van der Waals surface area contributed by atoms with E-state index in [-0.39, 0.29) is 11.6 Å². The molecule has 0 saturated carbocycles. The normalized spacial score (nSPS) is 11.0. The number of ether oxygens (including phenoxy) is 2. The van der Waals surface area contributed by atoms with Crippen LogP contribution in [0.2, 0.25) is 0 Å². The third kappa shape index (κ3) is 4.09. The topological polar surface area (TPSA) is 104 Å². The molecule has 3 rings (SSSR count). The highest BCUT2D eigenvalue weighted by atomic mass is 16.6. The highest BCUT2D eigenvalue weighted by Crippen LogP contribution is 2.32. The van der Waals surface area contributed by atoms with Gasteiger partial charge in [0, 0.05) is 24.4 Å². The first-order valence-corrected chi connectivity index (χ1v) is 8.20. The highest BCUT2D eigenvalue weighted by Gasteiger charge is 2.18. The van der Waals surface area contributed by atoms with Gasteiger partial charge in [-0.3, -0.25) is 10.1 Å². The van der Waals surface area contributed by atoms with Crippen LogP contribution in [-0.2, 0) is 0 Å². The van der Waals surface area contributed by atoms with E-state index >= 15 is 0 Å². The molecule has 2 heterocycles. The minimum absolute atomic E-state index is 0.0272. The van der Waals surface area contributed by atoms with Crippen LogP contribution >= 0.6 is 0 Å². The van der Waals surface area contributed by atoms with E-state index in [1.165, 1.54) is 25.7 Å². The number of hydrogen-bond donors (Lipinski definition) is 0. The monoisotopic (exact) mass is 369 g/mol. The van der Waals surface area contributed by atoms with Crippen LogP contribution in [0, 0.1) is 10.1 Å². The smallest absolute Gasteiger partial charge is 0.331 e. The van der Waals surface area contributed by atoms with Gasteiger partial charge in [0.15, 0.2) is 0 Å². The zero-order chi connectivity index (χ0) is 19.4. The first kappa shape index (κ1) is 18.5. The predicted molar refractivity (Wildman–Crippen MR) is 100 cm³/mol. The second kappa shape index (κ2) is 7.92. The van der Waals surface area contributed by atoms with E-state index in [2.05, 4.69) is 15.0 Å². The molecule has 0 N–H and O–H groups in total. The summed E-state index contributed by atoms with van der Waals surface area (Å²) in [6.07, 6.45) is 2.98. The summed E-state index contributed by atoms with van der Waals surface area (Å²) in [6.45, 7) is 1.23. The molecule has 0 aliphatic heterocycles. The average Bonchev–Trinajstić information content (AvgIpc) is 2.67. The molecule has 27 heavy (non-hydrogen) atoms. The van der Waals surface area contributed by atoms with Gasteiger partial charge >= 0.3 is 5.69 Å². The number of pyridine rings is 1. The lowest BCUT2D eigenvalue weighted by atomic mass is 10.0. The molecule has 0 aliphatic rings. The number of aromatic nitrogens is 3. The summed E-state index contributed by atoms with van der Waals surface area (Å²) in [5.74, 6) is 0.445. The number of fused-ring (bicyclic) bond motifs is 1. The molecule has 0 bridgehead atoms. The molecule has 0 saturated heterocycles. The Bertz CT molecular complexity index is 977. The van der Waals surface area contributed by atoms with Crippen molar-refractivity contribution >= 4 is 16.6 Å². The first-order chi connectivity index (χ1) is 13.0. The minimum atomic E-state index is -0.519. The highest BCUT2D eigenvalue weighted by molar-refractivity contribution is 5.88. The van der Waals surface area contributed by atoms with Crippen LogP contribution < -0.4 is 9.47 Å². The second-order valence-electron chi connectivity index (χ2n) is 6.07. The molecule has 9 heteroatoms. The fourth-order valence-electron chi connectivity index (χ4n) is 2.54. The van der Waals surface area contributed by atoms with E-state index in [0.717, 1.165) is 23.0 Å². The summed E-state index contributed by atoms with van der Waals surface area (Å²) in [7, 11) is 5.27. The first-order valence-electron chi connectivity index (χ1n) is 8.20. The maximum atomic E-state index is 11.2. The van der Waals surface area contributed by atoms with Crippen LogP contribution in [0.1, 0.15) is 0 Å². The van der Waals surface area contributed by atoms with Gasteiger partial charge in [0.25, 0.3) is 5.88 Å². The SMILES string of the molecule is COc1ncc(-c2ccc3ncnc(OCCN(C)C)c3c2)cc1[N+](=O)[O-]. The van der Waals surface area contributed by atoms with E-state index in [9.17, 15) is 10.1 Å². The maximum absolute atomic E-state index is 11.2. The Kier molecular flexibility index (Phi) is 5.41. The zero-order valence-electron chi connectivity index (χ0n) is 15.2. The third-order valence-corrected chi connectivity index (χ3v) is 3.93. The quantitative estimate of drug-likeness (QED) is 0.462. The van der Waals surface area contributed by atoms with Crippen molar-refractivity contribution in [1.29, 1.82) is 0 Å². The second-order valence-corrected chi connectivity index (χ2v) is 6.07. The van der Waals surface area contributed by atoms with E-state index in [0.29, 0.717) is 18.1 Å². The van der Waals surface area contributed by atoms with Gasteiger partial charge in [-0.1, -0.05) is 6.07 Å². The Hall–Kier alpha value is -3.33. The predicted octanol–water partition coefficient (Wildman–Crippen LogP) is 2.55. The molecule has 9 nitrogen and oxygen atoms in total. The summed E-state index contributed by atoms with van der Waals surface area (Å²) < 4.78 is 10.7. The van der Waals surface area contributed by atoms with Crippen LogP contribution in [0.5, 0.6) is 11.8 Å². The van der Waals surface area contributed by atoms with Crippen molar-refractivity contribution in [3.63, 3.8) is 0 Å². The van der Waals surface area contributed by atoms with Crippen LogP contribution in [0.3, 0.4) is 0 Å². The van der Waals surface area contributed by atoms with Crippen LogP contribution in [-0.4, -0.2) is 59.1 Å². The molecule has 140 valence electrons. The third-order valence-electron chi connectivity index (χ3n) is 3.93. The number of rotatable bonds is 7. The van der Waals surface area contributed by atoms with Gasteiger partial charge in [0.1, 0.15) is 12.9 Å². The van der Waals surface area contributed by atoms with Crippen LogP contribution in [0.25, 0.3) is 22.0 Å². The van der Waals surface area contributed by atoms with E-state index < -0.39 is 4.92 Å². The number of hydrogen-bond acceptors (Lipinski definition) is 8. The van der Waals surface area contributed by atoms with Gasteiger partial charge in [0.05, 0.1) is 22.9 Å². The lowest BCUT2D eigenvalue weighted by molar-refractivity contribution is -0.386. The van der Waals surface area contributed by atoms with Gasteiger partial charge in [-0.15, -0.1) is 0 Å². The maximum Gasteiger partial charge on any atom is 0.331 e. The fourth-order valence-corrected chi connectivity index (χ4v) is 2.54. The van der Waals surface area contributed by atoms with Crippen molar-refractivity contribution in [2.24, 2.45) is 0 Å². The molecule has 0 aliphatic carbocycles. The standard InChI is InChI=1S/C18H19N5O4/c1-22(2)6-7-27-17-14-8-12(4-5-15(14)20-11-21-17)13-9-16(23(24)25)18(26-3)19-10-13/h4-5,8-11H,6-7H2,1-3H3. The molecule has 0 atom stereocenters. The lowest BCUT2D eigenvalue weighted by Gasteiger charge is -2.12. The van der Waals surface area contributed by atoms with Gasteiger partial charge in [0.2, 0.25) is 5.88 Å². The Balaban J connectivity index is 2.01. The molecule has 0 fully saturated rings. The summed E-state index contributed by atoms with van der Waals surface area (Å²) in [6, 6.07) is 6.92. The van der Waals surface area contributed by atoms with Crippen molar-refractivity contribution in [2.45, 2.75) is 0 Å². The Morgan fingerprint density at radius 3 is 2.63 bits per heavy atom. The molecule has 3 aromatic rings. The average molecular weight is 369 g/mol. The summed E-state index contributed by atoms with van der Waals surface area (Å²) in [5.41, 5.74) is 1.87. The Morgan fingerprint density at radius 2 is 1.93 bits per heavy atom. The van der Waals surface area contributed by atoms with Gasteiger partial charge in [-0.2, -0.15) is 0 Å². The summed E-state index contributed by atoms with van der Waals surface area (Å²) in [5, 5.41) is 12.0. The Morgan fingerprint density at radius 1 is 1.11 bits per heavy atom. The number of benzene rings is 1. The van der Waals surface area contributed by atoms with E-state index in [1.54, 1.807) is 0 Å². The number of nitro groups is 1. The number of likely N-dealkylation sites (N-methyl/N-ethyl adjacent to an activating group) is 1. The van der Waals surface area contributed by atoms with Gasteiger partial charge < -0.3 is 14.4 Å². The fraction of sp³-hybridized carbons (Fsp3) is 0.278. The summed E-state index contributed by atoms with van der Waals surface area (Å²) >= 11 is 0. The molecule has 0 amide bonds. The summed E-state index contributed by atoms with van der Waals surface area (Å²) in [4.78, 5) is 25.2. The lowest BCUT2D eigenvalue weighted by Crippen LogP contribution is -2.19. The largest absolute Gasteiger partial charge is 0.476 e. The number of nitrogens with zero attached hydrogens (tertiary/aromatic N) is 5. The van der Waals surface area contributed by atoms with E-state index in [1.807, 2.05) is 37.2 Å². The zero-order valence-corrected chi connectivity index (χ0v) is 15.2. The molecule has 0 radical (unpaired) electrons. The van der Waals surface area contributed by atoms with Crippen LogP contribution in [0.4, 0.5) is 5.69 Å². The molecule has 1 aromatic carbocycles. The minimum Gasteiger partial charge on any atom is -0.476 e. The van der Waals surface area contributed by atoms with Crippen molar-refractivity contribution in [3.05, 3.63) is 46.9 Å². The number of methoxy groups -OCH3 is 1. The molecular weight excluding hydrogens is 350 g/mol. The van der Waals surface area contributed by atoms with Crippen LogP contribution in [0.15, 0.2) is 36.8 Å². The molecule has 2 aromatic heterocycles. The van der Waals surface area contributed by atoms with Crippen molar-refractivity contribution in [1.82, 2.24) is 19.9 Å². The van der Waals surface area contributed by atoms with Crippen molar-refractivity contribution < 1.29 is 14.4 Å². The molecule has 0 spiro atoms. The van der Waals surface area contributed by atoms with Gasteiger partial charge in [-0.25, -0.2) is 15.0 Å². The van der Waals surface area contributed by atoms with Crippen molar-refractivity contribution in [3.8, 4) is 22.9 Å².